The summed E-state index contributed by atoms with van der Waals surface area (Å²) in [5.41, 5.74) is 2.19. The molecule has 1 atom stereocenters. The van der Waals surface area contributed by atoms with E-state index in [0.717, 1.165) is 46.8 Å². The zero-order valence-corrected chi connectivity index (χ0v) is 16.3. The zero-order chi connectivity index (χ0) is 17.5. The van der Waals surface area contributed by atoms with Gasteiger partial charge in [-0.15, -0.1) is 11.3 Å². The van der Waals surface area contributed by atoms with E-state index in [9.17, 15) is 0 Å². The van der Waals surface area contributed by atoms with Crippen LogP contribution in [-0.4, -0.2) is 24.0 Å². The van der Waals surface area contributed by atoms with Crippen LogP contribution in [0, 0.1) is 13.8 Å². The van der Waals surface area contributed by atoms with Gasteiger partial charge in [0.25, 0.3) is 0 Å². The molecule has 0 fully saturated rings. The molecule has 0 saturated heterocycles. The molecule has 1 aromatic heterocycles. The second kappa shape index (κ2) is 9.04. The van der Waals surface area contributed by atoms with Crippen LogP contribution in [0.15, 0.2) is 29.3 Å². The third kappa shape index (κ3) is 5.21. The Bertz CT molecular complexity index is 696. The fraction of sp³-hybridized carbons (Fsp3) is 0.444. The largest absolute Gasteiger partial charge is 0.357 e. The second-order valence-electron chi connectivity index (χ2n) is 5.64. The number of nitrogens with zero attached hydrogens (tertiary/aromatic N) is 2. The number of aliphatic imine (C=N–C) groups is 1. The van der Waals surface area contributed by atoms with Crippen LogP contribution >= 0.6 is 22.9 Å². The first kappa shape index (κ1) is 18.7. The number of rotatable bonds is 6. The Morgan fingerprint density at radius 2 is 2.08 bits per heavy atom. The third-order valence-electron chi connectivity index (χ3n) is 3.68. The minimum absolute atomic E-state index is 0.0869. The van der Waals surface area contributed by atoms with Gasteiger partial charge in [-0.05, 0) is 39.3 Å². The number of aromatic nitrogens is 1. The molecule has 0 aliphatic rings. The summed E-state index contributed by atoms with van der Waals surface area (Å²) in [7, 11) is 0. The van der Waals surface area contributed by atoms with Gasteiger partial charge in [0.15, 0.2) is 5.96 Å². The van der Waals surface area contributed by atoms with E-state index in [0.29, 0.717) is 0 Å². The predicted molar refractivity (Wildman–Crippen MR) is 104 cm³/mol. The number of hydrogen-bond donors (Lipinski definition) is 2. The third-order valence-corrected chi connectivity index (χ3v) is 5.15. The van der Waals surface area contributed by atoms with Crippen molar-refractivity contribution in [3.8, 4) is 0 Å². The molecule has 2 N–H and O–H groups in total. The maximum Gasteiger partial charge on any atom is 0.191 e. The average molecular weight is 365 g/mol. The number of nitrogens with one attached hydrogen (secondary N) is 2. The lowest BCUT2D eigenvalue weighted by molar-refractivity contribution is 0.686. The molecule has 6 heteroatoms. The Balaban J connectivity index is 2.00. The number of thiazole rings is 1. The molecule has 1 unspecified atom stereocenters. The highest BCUT2D eigenvalue weighted by molar-refractivity contribution is 7.11. The molecule has 1 heterocycles. The molecule has 0 bridgehead atoms. The van der Waals surface area contributed by atoms with Crippen molar-refractivity contribution in [1.29, 1.82) is 0 Å². The average Bonchev–Trinajstić information content (AvgIpc) is 2.85. The van der Waals surface area contributed by atoms with Crippen LogP contribution < -0.4 is 10.6 Å². The van der Waals surface area contributed by atoms with E-state index in [-0.39, 0.29) is 6.04 Å². The lowest BCUT2D eigenvalue weighted by atomic mass is 10.1. The quantitative estimate of drug-likeness (QED) is 0.594. The number of aryl methyl sites for hydroxylation is 2. The molecular formula is C18H25ClN4S. The molecule has 0 aliphatic heterocycles. The van der Waals surface area contributed by atoms with Gasteiger partial charge in [0.2, 0.25) is 0 Å². The first-order valence-electron chi connectivity index (χ1n) is 8.23. The molecule has 2 rings (SSSR count). The highest BCUT2D eigenvalue weighted by Crippen LogP contribution is 2.22. The second-order valence-corrected chi connectivity index (χ2v) is 7.33. The van der Waals surface area contributed by atoms with Crippen molar-refractivity contribution < 1.29 is 0 Å². The Labute approximate surface area is 153 Å². The summed E-state index contributed by atoms with van der Waals surface area (Å²) < 4.78 is 0. The van der Waals surface area contributed by atoms with E-state index in [1.54, 1.807) is 11.3 Å². The normalized spacial score (nSPS) is 13.0. The molecule has 0 radical (unpaired) electrons. The van der Waals surface area contributed by atoms with Crippen molar-refractivity contribution in [2.75, 3.05) is 13.1 Å². The van der Waals surface area contributed by atoms with Crippen LogP contribution in [0.1, 0.15) is 41.0 Å². The Hall–Kier alpha value is -1.59. The molecule has 24 heavy (non-hydrogen) atoms. The lowest BCUT2D eigenvalue weighted by Gasteiger charge is -2.19. The Kier molecular flexibility index (Phi) is 7.06. The SMILES string of the molecule is CCNC(=NCCc1sc(C)nc1C)NC(C)c1ccccc1Cl. The first-order chi connectivity index (χ1) is 11.5. The maximum absolute atomic E-state index is 6.28. The van der Waals surface area contributed by atoms with Crippen molar-refractivity contribution >= 4 is 28.9 Å². The standard InChI is InChI=1S/C18H25ClN4S/c1-5-20-18(21-11-10-17-13(3)22-14(4)24-17)23-12(2)15-8-6-7-9-16(15)19/h6-9,12H,5,10-11H2,1-4H3,(H2,20,21,23). The van der Waals surface area contributed by atoms with E-state index >= 15 is 0 Å². The summed E-state index contributed by atoms with van der Waals surface area (Å²) >= 11 is 8.03. The zero-order valence-electron chi connectivity index (χ0n) is 14.7. The number of hydrogen-bond acceptors (Lipinski definition) is 3. The van der Waals surface area contributed by atoms with Gasteiger partial charge in [0, 0.05) is 29.4 Å². The highest BCUT2D eigenvalue weighted by Gasteiger charge is 2.11. The van der Waals surface area contributed by atoms with E-state index in [2.05, 4.69) is 41.4 Å². The molecule has 0 spiro atoms. The van der Waals surface area contributed by atoms with Crippen LogP contribution in [0.2, 0.25) is 5.02 Å². The fourth-order valence-corrected chi connectivity index (χ4v) is 3.73. The number of halogens is 1. The van der Waals surface area contributed by atoms with Gasteiger partial charge in [-0.1, -0.05) is 29.8 Å². The molecule has 0 saturated carbocycles. The highest BCUT2D eigenvalue weighted by atomic mass is 35.5. The molecule has 130 valence electrons. The van der Waals surface area contributed by atoms with E-state index in [1.807, 2.05) is 31.2 Å². The number of guanidine groups is 1. The summed E-state index contributed by atoms with van der Waals surface area (Å²) in [6, 6.07) is 7.97. The fourth-order valence-electron chi connectivity index (χ4n) is 2.50. The number of benzene rings is 1. The van der Waals surface area contributed by atoms with Gasteiger partial charge >= 0.3 is 0 Å². The molecule has 2 aromatic rings. The summed E-state index contributed by atoms with van der Waals surface area (Å²) in [6.45, 7) is 9.80. The van der Waals surface area contributed by atoms with Crippen molar-refractivity contribution in [3.63, 3.8) is 0 Å². The smallest absolute Gasteiger partial charge is 0.191 e. The lowest BCUT2D eigenvalue weighted by Crippen LogP contribution is -2.39. The van der Waals surface area contributed by atoms with Crippen LogP contribution in [-0.2, 0) is 6.42 Å². The molecule has 0 amide bonds. The maximum atomic E-state index is 6.28. The van der Waals surface area contributed by atoms with Crippen molar-refractivity contribution in [3.05, 3.63) is 50.4 Å². The van der Waals surface area contributed by atoms with E-state index < -0.39 is 0 Å². The minimum Gasteiger partial charge on any atom is -0.357 e. The van der Waals surface area contributed by atoms with Gasteiger partial charge in [-0.2, -0.15) is 0 Å². The van der Waals surface area contributed by atoms with Gasteiger partial charge < -0.3 is 10.6 Å². The van der Waals surface area contributed by atoms with E-state index in [4.69, 9.17) is 11.6 Å². The minimum atomic E-state index is 0.0869. The molecular weight excluding hydrogens is 340 g/mol. The predicted octanol–water partition coefficient (Wildman–Crippen LogP) is 4.27. The van der Waals surface area contributed by atoms with Gasteiger partial charge in [0.05, 0.1) is 16.7 Å². The topological polar surface area (TPSA) is 49.3 Å². The van der Waals surface area contributed by atoms with Crippen molar-refractivity contribution in [1.82, 2.24) is 15.6 Å². The van der Waals surface area contributed by atoms with Gasteiger partial charge in [-0.3, -0.25) is 4.99 Å². The Morgan fingerprint density at radius 3 is 2.71 bits per heavy atom. The van der Waals surface area contributed by atoms with Crippen LogP contribution in [0.5, 0.6) is 0 Å². The van der Waals surface area contributed by atoms with E-state index in [1.165, 1.54) is 4.88 Å². The van der Waals surface area contributed by atoms with Crippen LogP contribution in [0.3, 0.4) is 0 Å². The molecule has 4 nitrogen and oxygen atoms in total. The molecule has 1 aromatic carbocycles. The summed E-state index contributed by atoms with van der Waals surface area (Å²) in [5, 5.41) is 8.60. The monoisotopic (exact) mass is 364 g/mol. The van der Waals surface area contributed by atoms with Crippen LogP contribution in [0.25, 0.3) is 0 Å². The summed E-state index contributed by atoms with van der Waals surface area (Å²) in [6.07, 6.45) is 0.911. The first-order valence-corrected chi connectivity index (χ1v) is 9.43. The summed E-state index contributed by atoms with van der Waals surface area (Å²) in [5.74, 6) is 0.809. The Morgan fingerprint density at radius 1 is 1.33 bits per heavy atom. The van der Waals surface area contributed by atoms with Crippen LogP contribution in [0.4, 0.5) is 0 Å². The van der Waals surface area contributed by atoms with Crippen molar-refractivity contribution in [2.45, 2.75) is 40.2 Å². The van der Waals surface area contributed by atoms with Gasteiger partial charge in [-0.25, -0.2) is 4.98 Å². The molecule has 0 aliphatic carbocycles. The van der Waals surface area contributed by atoms with Crippen molar-refractivity contribution in [2.24, 2.45) is 4.99 Å². The summed E-state index contributed by atoms with van der Waals surface area (Å²) in [4.78, 5) is 10.5. The van der Waals surface area contributed by atoms with Gasteiger partial charge in [0.1, 0.15) is 0 Å².